The maximum Gasteiger partial charge on any atom is 0.267 e. The van der Waals surface area contributed by atoms with Gasteiger partial charge >= 0.3 is 0 Å². The second-order valence-electron chi connectivity index (χ2n) is 6.88. The number of hydrogen-bond donors (Lipinski definition) is 0. The van der Waals surface area contributed by atoms with Crippen molar-refractivity contribution in [3.05, 3.63) is 24.3 Å². The Morgan fingerprint density at radius 1 is 1.29 bits per heavy atom. The van der Waals surface area contributed by atoms with Crippen molar-refractivity contribution in [2.75, 3.05) is 13.2 Å². The van der Waals surface area contributed by atoms with E-state index >= 15 is 0 Å². The lowest BCUT2D eigenvalue weighted by atomic mass is 10.0. The molecule has 1 aliphatic rings. The first-order valence-corrected chi connectivity index (χ1v) is 7.49. The van der Waals surface area contributed by atoms with Crippen molar-refractivity contribution in [2.45, 2.75) is 46.3 Å². The quantitative estimate of drug-likeness (QED) is 0.859. The monoisotopic (exact) mass is 291 g/mol. The van der Waals surface area contributed by atoms with E-state index in [0.29, 0.717) is 24.0 Å². The highest BCUT2D eigenvalue weighted by Gasteiger charge is 2.36. The molecule has 0 bridgehead atoms. The van der Waals surface area contributed by atoms with Gasteiger partial charge in [-0.2, -0.15) is 0 Å². The molecule has 1 aromatic rings. The van der Waals surface area contributed by atoms with Gasteiger partial charge in [-0.05, 0) is 38.8 Å². The fraction of sp³-hybridized carbons (Fsp3) is 0.588. The Balaban J connectivity index is 2.15. The van der Waals surface area contributed by atoms with Crippen LogP contribution >= 0.6 is 0 Å². The van der Waals surface area contributed by atoms with Gasteiger partial charge in [-0.15, -0.1) is 0 Å². The molecule has 1 atom stereocenters. The number of fused-ring (bicyclic) bond motifs is 1. The van der Waals surface area contributed by atoms with Crippen LogP contribution < -0.4 is 9.47 Å². The Labute approximate surface area is 127 Å². The van der Waals surface area contributed by atoms with Crippen LogP contribution in [0.3, 0.4) is 0 Å². The summed E-state index contributed by atoms with van der Waals surface area (Å²) in [7, 11) is 0. The second-order valence-corrected chi connectivity index (χ2v) is 6.88. The highest BCUT2D eigenvalue weighted by atomic mass is 16.6. The maximum absolute atomic E-state index is 12.8. The highest BCUT2D eigenvalue weighted by molar-refractivity contribution is 5.82. The van der Waals surface area contributed by atoms with Gasteiger partial charge in [0.25, 0.3) is 5.91 Å². The van der Waals surface area contributed by atoms with Crippen molar-refractivity contribution < 1.29 is 14.3 Å². The Kier molecular flexibility index (Phi) is 4.45. The lowest BCUT2D eigenvalue weighted by Crippen LogP contribution is -2.54. The first-order chi connectivity index (χ1) is 9.79. The summed E-state index contributed by atoms with van der Waals surface area (Å²) in [5.74, 6) is 1.74. The maximum atomic E-state index is 12.8. The molecule has 1 unspecified atom stereocenters. The van der Waals surface area contributed by atoms with E-state index in [1.807, 2.05) is 49.9 Å². The third-order valence-corrected chi connectivity index (χ3v) is 3.41. The van der Waals surface area contributed by atoms with Crippen molar-refractivity contribution >= 4 is 5.91 Å². The van der Waals surface area contributed by atoms with Gasteiger partial charge in [-0.3, -0.25) is 4.79 Å². The summed E-state index contributed by atoms with van der Waals surface area (Å²) in [6.07, 6.45) is -0.571. The van der Waals surface area contributed by atoms with Crippen molar-refractivity contribution in [1.29, 1.82) is 0 Å². The van der Waals surface area contributed by atoms with Crippen molar-refractivity contribution in [3.8, 4) is 11.5 Å². The van der Waals surface area contributed by atoms with Crippen LogP contribution in [-0.4, -0.2) is 35.6 Å². The van der Waals surface area contributed by atoms with Gasteiger partial charge in [-0.25, -0.2) is 0 Å². The van der Waals surface area contributed by atoms with Crippen LogP contribution in [0.5, 0.6) is 11.5 Å². The molecule has 0 saturated carbocycles. The molecule has 0 aliphatic carbocycles. The van der Waals surface area contributed by atoms with Gasteiger partial charge < -0.3 is 14.4 Å². The molecule has 0 spiro atoms. The second kappa shape index (κ2) is 5.96. The number of para-hydroxylation sites is 2. The van der Waals surface area contributed by atoms with Crippen LogP contribution in [0.25, 0.3) is 0 Å². The number of amides is 1. The zero-order chi connectivity index (χ0) is 15.6. The summed E-state index contributed by atoms with van der Waals surface area (Å²) in [5, 5.41) is 0. The third kappa shape index (κ3) is 3.69. The Bertz CT molecular complexity index is 505. The molecule has 0 radical (unpaired) electrons. The molecule has 1 amide bonds. The molecule has 0 aromatic heterocycles. The average Bonchev–Trinajstić information content (AvgIpc) is 2.42. The highest BCUT2D eigenvalue weighted by Crippen LogP contribution is 2.32. The molecule has 1 aliphatic heterocycles. The number of benzene rings is 1. The number of nitrogens with zero attached hydrogens (tertiary/aromatic N) is 1. The number of carbonyl (C=O) groups is 1. The molecule has 4 nitrogen and oxygen atoms in total. The van der Waals surface area contributed by atoms with Crippen LogP contribution in [0.4, 0.5) is 0 Å². The molecular formula is C17H25NO3. The number of rotatable bonds is 3. The number of hydrogen-bond acceptors (Lipinski definition) is 3. The fourth-order valence-corrected chi connectivity index (χ4v) is 2.37. The SMILES string of the molecule is CC(C)CN(C(=O)C1COc2ccccc2O1)C(C)(C)C. The van der Waals surface area contributed by atoms with Gasteiger partial charge in [0.2, 0.25) is 6.10 Å². The van der Waals surface area contributed by atoms with E-state index in [2.05, 4.69) is 13.8 Å². The van der Waals surface area contributed by atoms with Crippen molar-refractivity contribution in [3.63, 3.8) is 0 Å². The van der Waals surface area contributed by atoms with Gasteiger partial charge in [0.05, 0.1) is 0 Å². The van der Waals surface area contributed by atoms with E-state index in [1.54, 1.807) is 0 Å². The molecule has 0 saturated heterocycles. The van der Waals surface area contributed by atoms with Gasteiger partial charge in [-0.1, -0.05) is 26.0 Å². The number of ether oxygens (including phenoxy) is 2. The molecule has 2 rings (SSSR count). The summed E-state index contributed by atoms with van der Waals surface area (Å²) in [6, 6.07) is 7.46. The smallest absolute Gasteiger partial charge is 0.267 e. The predicted molar refractivity (Wildman–Crippen MR) is 82.7 cm³/mol. The van der Waals surface area contributed by atoms with E-state index in [9.17, 15) is 4.79 Å². The minimum absolute atomic E-state index is 0.00861. The number of carbonyl (C=O) groups excluding carboxylic acids is 1. The van der Waals surface area contributed by atoms with Gasteiger partial charge in [0, 0.05) is 12.1 Å². The van der Waals surface area contributed by atoms with E-state index < -0.39 is 6.10 Å². The summed E-state index contributed by atoms with van der Waals surface area (Å²) in [4.78, 5) is 14.7. The molecule has 1 aromatic carbocycles. The summed E-state index contributed by atoms with van der Waals surface area (Å²) < 4.78 is 11.5. The average molecular weight is 291 g/mol. The van der Waals surface area contributed by atoms with Crippen LogP contribution in [0.1, 0.15) is 34.6 Å². The summed E-state index contributed by atoms with van der Waals surface area (Å²) >= 11 is 0. The van der Waals surface area contributed by atoms with E-state index in [1.165, 1.54) is 0 Å². The minimum atomic E-state index is -0.571. The van der Waals surface area contributed by atoms with E-state index in [0.717, 1.165) is 0 Å². The first kappa shape index (κ1) is 15.7. The zero-order valence-corrected chi connectivity index (χ0v) is 13.6. The van der Waals surface area contributed by atoms with Gasteiger partial charge in [0.1, 0.15) is 6.61 Å². The molecule has 116 valence electrons. The van der Waals surface area contributed by atoms with E-state index in [-0.39, 0.29) is 18.1 Å². The molecule has 1 heterocycles. The van der Waals surface area contributed by atoms with E-state index in [4.69, 9.17) is 9.47 Å². The Morgan fingerprint density at radius 2 is 1.90 bits per heavy atom. The Morgan fingerprint density at radius 3 is 2.48 bits per heavy atom. The largest absolute Gasteiger partial charge is 0.485 e. The zero-order valence-electron chi connectivity index (χ0n) is 13.6. The van der Waals surface area contributed by atoms with Crippen LogP contribution in [0.2, 0.25) is 0 Å². The van der Waals surface area contributed by atoms with Crippen LogP contribution in [-0.2, 0) is 4.79 Å². The fourth-order valence-electron chi connectivity index (χ4n) is 2.37. The topological polar surface area (TPSA) is 38.8 Å². The molecule has 4 heteroatoms. The minimum Gasteiger partial charge on any atom is -0.485 e. The summed E-state index contributed by atoms with van der Waals surface area (Å²) in [5.41, 5.74) is -0.234. The van der Waals surface area contributed by atoms with Crippen LogP contribution in [0, 0.1) is 5.92 Å². The standard InChI is InChI=1S/C17H25NO3/c1-12(2)10-18(17(3,4)5)16(19)15-11-20-13-8-6-7-9-14(13)21-15/h6-9,12,15H,10-11H2,1-5H3. The molecule has 21 heavy (non-hydrogen) atoms. The third-order valence-electron chi connectivity index (χ3n) is 3.41. The van der Waals surface area contributed by atoms with Gasteiger partial charge in [0.15, 0.2) is 11.5 Å². The first-order valence-electron chi connectivity index (χ1n) is 7.49. The normalized spacial score (nSPS) is 17.7. The Hall–Kier alpha value is -1.71. The predicted octanol–water partition coefficient (Wildman–Crippen LogP) is 3.11. The molecule has 0 N–H and O–H groups in total. The molecular weight excluding hydrogens is 266 g/mol. The summed E-state index contributed by atoms with van der Waals surface area (Å²) in [6.45, 7) is 11.3. The van der Waals surface area contributed by atoms with Crippen molar-refractivity contribution in [2.24, 2.45) is 5.92 Å². The van der Waals surface area contributed by atoms with Crippen LogP contribution in [0.15, 0.2) is 24.3 Å². The lowest BCUT2D eigenvalue weighted by Gasteiger charge is -2.39. The lowest BCUT2D eigenvalue weighted by molar-refractivity contribution is -0.146. The van der Waals surface area contributed by atoms with Crippen molar-refractivity contribution in [1.82, 2.24) is 4.90 Å². The molecule has 0 fully saturated rings.